The molecule has 0 spiro atoms. The van der Waals surface area contributed by atoms with Gasteiger partial charge in [0.05, 0.1) is 16.7 Å². The van der Waals surface area contributed by atoms with E-state index in [2.05, 4.69) is 33.4 Å². The van der Waals surface area contributed by atoms with Gasteiger partial charge < -0.3 is 9.47 Å². The average molecular weight is 403 g/mol. The molecule has 2 aliphatic heterocycles. The van der Waals surface area contributed by atoms with Crippen molar-refractivity contribution >= 4 is 51.6 Å². The van der Waals surface area contributed by atoms with E-state index in [0.717, 1.165) is 21.5 Å². The van der Waals surface area contributed by atoms with Crippen LogP contribution in [0.3, 0.4) is 0 Å². The molecule has 1 N–H and O–H groups in total. The Morgan fingerprint density at radius 2 is 2.09 bits per heavy atom. The summed E-state index contributed by atoms with van der Waals surface area (Å²) in [6, 6.07) is 3.66. The van der Waals surface area contributed by atoms with E-state index in [1.165, 1.54) is 0 Å². The van der Waals surface area contributed by atoms with Gasteiger partial charge in [-0.1, -0.05) is 0 Å². The molecule has 0 radical (unpaired) electrons. The number of carbonyl (C=O) groups excluding carboxylic acids is 1. The van der Waals surface area contributed by atoms with Gasteiger partial charge in [0.2, 0.25) is 12.7 Å². The van der Waals surface area contributed by atoms with Crippen molar-refractivity contribution in [3.8, 4) is 11.5 Å². The first-order chi connectivity index (χ1) is 10.6. The van der Waals surface area contributed by atoms with E-state index in [-0.39, 0.29) is 16.8 Å². The molecule has 3 rings (SSSR count). The quantitative estimate of drug-likeness (QED) is 0.618. The van der Waals surface area contributed by atoms with Gasteiger partial charge in [-0.15, -0.1) is 23.5 Å². The maximum absolute atomic E-state index is 12.0. The Balaban J connectivity index is 1.59. The van der Waals surface area contributed by atoms with Crippen LogP contribution in [0.5, 0.6) is 11.5 Å². The highest BCUT2D eigenvalue weighted by Gasteiger charge is 2.32. The highest BCUT2D eigenvalue weighted by molar-refractivity contribution is 9.10. The molecule has 0 aliphatic carbocycles. The fraction of sp³-hybridized carbons (Fsp3) is 0.429. The van der Waals surface area contributed by atoms with Crippen molar-refractivity contribution in [3.63, 3.8) is 0 Å². The summed E-state index contributed by atoms with van der Waals surface area (Å²) in [5.74, 6) is 3.51. The molecule has 1 saturated heterocycles. The summed E-state index contributed by atoms with van der Waals surface area (Å²) in [4.78, 5) is 12.0. The van der Waals surface area contributed by atoms with Crippen LogP contribution >= 0.6 is 39.5 Å². The summed E-state index contributed by atoms with van der Waals surface area (Å²) in [6.07, 6.45) is 2.06. The molecule has 22 heavy (non-hydrogen) atoms. The summed E-state index contributed by atoms with van der Waals surface area (Å²) in [5, 5.41) is 4.03. The molecular formula is C14H15BrN2O3S2. The third-order valence-corrected chi connectivity index (χ3v) is 7.24. The first-order valence-electron chi connectivity index (χ1n) is 6.75. The molecule has 1 aromatic rings. The summed E-state index contributed by atoms with van der Waals surface area (Å²) in [7, 11) is 0. The van der Waals surface area contributed by atoms with Gasteiger partial charge in [0.1, 0.15) is 0 Å². The molecule has 0 atom stereocenters. The number of amides is 1. The van der Waals surface area contributed by atoms with Crippen molar-refractivity contribution in [2.75, 3.05) is 18.3 Å². The van der Waals surface area contributed by atoms with Crippen molar-refractivity contribution < 1.29 is 14.3 Å². The molecule has 2 aliphatic rings. The summed E-state index contributed by atoms with van der Waals surface area (Å²) >= 11 is 7.11. The van der Waals surface area contributed by atoms with E-state index in [4.69, 9.17) is 9.47 Å². The first kappa shape index (κ1) is 16.0. The van der Waals surface area contributed by atoms with Crippen molar-refractivity contribution in [2.45, 2.75) is 17.4 Å². The van der Waals surface area contributed by atoms with E-state index >= 15 is 0 Å². The topological polar surface area (TPSA) is 59.9 Å². The number of hydrogen-bond donors (Lipinski definition) is 1. The lowest BCUT2D eigenvalue weighted by Crippen LogP contribution is -2.26. The third-order valence-electron chi connectivity index (χ3n) is 3.26. The Labute approximate surface area is 145 Å². The molecule has 0 saturated carbocycles. The summed E-state index contributed by atoms with van der Waals surface area (Å²) in [5.41, 5.74) is 3.41. The third kappa shape index (κ3) is 3.72. The minimum atomic E-state index is -0.0717. The van der Waals surface area contributed by atoms with Gasteiger partial charge in [0.25, 0.3) is 0 Å². The lowest BCUT2D eigenvalue weighted by Gasteiger charge is -2.19. The maximum atomic E-state index is 12.0. The minimum Gasteiger partial charge on any atom is -0.454 e. The fourth-order valence-corrected chi connectivity index (χ4v) is 5.45. The number of benzene rings is 1. The number of ether oxygens (including phenoxy) is 2. The van der Waals surface area contributed by atoms with E-state index in [1.54, 1.807) is 6.21 Å². The van der Waals surface area contributed by atoms with Gasteiger partial charge in [-0.05, 0) is 35.0 Å². The van der Waals surface area contributed by atoms with Crippen LogP contribution in [0.15, 0.2) is 21.7 Å². The predicted molar refractivity (Wildman–Crippen MR) is 93.9 cm³/mol. The number of thioether (sulfide) groups is 2. The highest BCUT2D eigenvalue weighted by Crippen LogP contribution is 2.45. The normalized spacial score (nSPS) is 18.8. The standard InChI is InChI=1S/C14H15BrN2O3S2/c1-14(21-2-3-22-14)6-13(18)17-16-7-9-4-11-12(5-10(9)15)20-8-19-11/h4-5,7H,2-3,6,8H2,1H3,(H,17,18)/b16-7-. The molecule has 1 aromatic carbocycles. The molecule has 8 heteroatoms. The number of carbonyl (C=O) groups is 1. The maximum Gasteiger partial charge on any atom is 0.242 e. The number of halogens is 1. The molecule has 1 amide bonds. The Bertz CT molecular complexity index is 618. The van der Waals surface area contributed by atoms with Gasteiger partial charge in [-0.3, -0.25) is 4.79 Å². The van der Waals surface area contributed by atoms with Crippen LogP contribution in [0.4, 0.5) is 0 Å². The number of hydrogen-bond acceptors (Lipinski definition) is 6. The van der Waals surface area contributed by atoms with Crippen molar-refractivity contribution in [1.29, 1.82) is 0 Å². The minimum absolute atomic E-state index is 0.0288. The van der Waals surface area contributed by atoms with E-state index < -0.39 is 0 Å². The zero-order valence-corrected chi connectivity index (χ0v) is 15.1. The summed E-state index contributed by atoms with van der Waals surface area (Å²) in [6.45, 7) is 2.33. The van der Waals surface area contributed by atoms with Crippen molar-refractivity contribution in [2.24, 2.45) is 5.10 Å². The summed E-state index contributed by atoms with van der Waals surface area (Å²) < 4.78 is 11.4. The monoisotopic (exact) mass is 402 g/mol. The van der Waals surface area contributed by atoms with Crippen LogP contribution in [0.25, 0.3) is 0 Å². The number of nitrogens with one attached hydrogen (secondary N) is 1. The van der Waals surface area contributed by atoms with Gasteiger partial charge in [-0.25, -0.2) is 5.43 Å². The second-order valence-electron chi connectivity index (χ2n) is 5.03. The molecular weight excluding hydrogens is 388 g/mol. The van der Waals surface area contributed by atoms with Gasteiger partial charge in [-0.2, -0.15) is 5.10 Å². The second-order valence-corrected chi connectivity index (χ2v) is 9.34. The van der Waals surface area contributed by atoms with Crippen molar-refractivity contribution in [3.05, 3.63) is 22.2 Å². The molecule has 2 heterocycles. The fourth-order valence-electron chi connectivity index (χ4n) is 2.20. The zero-order chi connectivity index (χ0) is 15.6. The van der Waals surface area contributed by atoms with Crippen LogP contribution in [-0.2, 0) is 4.79 Å². The van der Waals surface area contributed by atoms with Crippen molar-refractivity contribution in [1.82, 2.24) is 5.43 Å². The Morgan fingerprint density at radius 1 is 1.41 bits per heavy atom. The highest BCUT2D eigenvalue weighted by atomic mass is 79.9. The molecule has 0 unspecified atom stereocenters. The lowest BCUT2D eigenvalue weighted by atomic mass is 10.2. The number of hydrazone groups is 1. The Kier molecular flexibility index (Phi) is 4.89. The molecule has 0 aromatic heterocycles. The van der Waals surface area contributed by atoms with Crippen LogP contribution in [-0.4, -0.2) is 34.5 Å². The van der Waals surface area contributed by atoms with Crippen LogP contribution in [0.1, 0.15) is 18.9 Å². The SMILES string of the molecule is CC1(CC(=O)N/N=C\c2cc3c(cc2Br)OCO3)SCCS1. The first-order valence-corrected chi connectivity index (χ1v) is 9.51. The Hall–Kier alpha value is -0.860. The molecule has 118 valence electrons. The number of fused-ring (bicyclic) bond motifs is 1. The number of rotatable bonds is 4. The van der Waals surface area contributed by atoms with E-state index in [9.17, 15) is 4.79 Å². The van der Waals surface area contributed by atoms with Crippen LogP contribution in [0, 0.1) is 0 Å². The largest absolute Gasteiger partial charge is 0.454 e. The van der Waals surface area contributed by atoms with E-state index in [0.29, 0.717) is 17.9 Å². The van der Waals surface area contributed by atoms with Gasteiger partial charge in [0.15, 0.2) is 11.5 Å². The number of nitrogens with zero attached hydrogens (tertiary/aromatic N) is 1. The molecule has 1 fully saturated rings. The van der Waals surface area contributed by atoms with Crippen LogP contribution < -0.4 is 14.9 Å². The second kappa shape index (κ2) is 6.72. The smallest absolute Gasteiger partial charge is 0.242 e. The van der Waals surface area contributed by atoms with Gasteiger partial charge in [0, 0.05) is 21.5 Å². The average Bonchev–Trinajstić information content (AvgIpc) is 3.07. The lowest BCUT2D eigenvalue weighted by molar-refractivity contribution is -0.121. The molecule has 5 nitrogen and oxygen atoms in total. The zero-order valence-electron chi connectivity index (χ0n) is 11.9. The molecule has 0 bridgehead atoms. The predicted octanol–water partition coefficient (Wildman–Crippen LogP) is 3.21. The van der Waals surface area contributed by atoms with Gasteiger partial charge >= 0.3 is 0 Å². The Morgan fingerprint density at radius 3 is 2.82 bits per heavy atom. The van der Waals surface area contributed by atoms with E-state index in [1.807, 2.05) is 35.7 Å². The van der Waals surface area contributed by atoms with Crippen LogP contribution in [0.2, 0.25) is 0 Å².